The summed E-state index contributed by atoms with van der Waals surface area (Å²) in [7, 11) is 1.77. The molecule has 1 N–H and O–H groups in total. The maximum absolute atomic E-state index is 12.1. The summed E-state index contributed by atoms with van der Waals surface area (Å²) in [4.78, 5) is 23.3. The minimum Gasteiger partial charge on any atom is -0.466 e. The lowest BCUT2D eigenvalue weighted by Gasteiger charge is -2.33. The van der Waals surface area contributed by atoms with E-state index in [1.165, 1.54) is 0 Å². The number of nitrogens with zero attached hydrogens (tertiary/aromatic N) is 3. The summed E-state index contributed by atoms with van der Waals surface area (Å²) in [6.45, 7) is 4.41. The third-order valence-corrected chi connectivity index (χ3v) is 5.49. The Morgan fingerprint density at radius 3 is 2.96 bits per heavy atom. The highest BCUT2D eigenvalue weighted by molar-refractivity contribution is 7.13. The molecule has 0 spiro atoms. The van der Waals surface area contributed by atoms with Crippen LogP contribution in [0.2, 0.25) is 0 Å². The summed E-state index contributed by atoms with van der Waals surface area (Å²) >= 11 is 1.64. The average Bonchev–Trinajstić information content (AvgIpc) is 3.19. The zero-order chi connectivity index (χ0) is 19.1. The van der Waals surface area contributed by atoms with Crippen LogP contribution in [-0.2, 0) is 16.1 Å². The van der Waals surface area contributed by atoms with Crippen molar-refractivity contribution in [2.24, 2.45) is 10.9 Å². The zero-order valence-corrected chi connectivity index (χ0v) is 16.7. The number of hydrogen-bond donors (Lipinski definition) is 1. The molecule has 144 valence electrons. The Bertz CT molecular complexity index is 775. The normalized spacial score (nSPS) is 17.6. The van der Waals surface area contributed by atoms with Crippen molar-refractivity contribution in [3.8, 4) is 10.6 Å². The van der Waals surface area contributed by atoms with E-state index < -0.39 is 0 Å². The Hall–Kier alpha value is -2.41. The first-order valence-electron chi connectivity index (χ1n) is 9.33. The van der Waals surface area contributed by atoms with Gasteiger partial charge in [0.05, 0.1) is 24.8 Å². The minimum atomic E-state index is -0.107. The largest absolute Gasteiger partial charge is 0.466 e. The lowest BCUT2D eigenvalue weighted by Crippen LogP contribution is -2.48. The fraction of sp³-hybridized carbons (Fsp3) is 0.450. The van der Waals surface area contributed by atoms with E-state index in [1.54, 1.807) is 18.4 Å². The highest BCUT2D eigenvalue weighted by Gasteiger charge is 2.28. The van der Waals surface area contributed by atoms with Gasteiger partial charge in [0.2, 0.25) is 0 Å². The van der Waals surface area contributed by atoms with Crippen molar-refractivity contribution in [2.75, 3.05) is 26.7 Å². The van der Waals surface area contributed by atoms with Gasteiger partial charge >= 0.3 is 5.97 Å². The van der Waals surface area contributed by atoms with Crippen LogP contribution in [0.25, 0.3) is 10.6 Å². The number of carbonyl (C=O) groups is 1. The quantitative estimate of drug-likeness (QED) is 0.486. The molecule has 1 atom stereocenters. The Morgan fingerprint density at radius 2 is 2.22 bits per heavy atom. The fourth-order valence-corrected chi connectivity index (χ4v) is 4.05. The molecule has 1 aromatic heterocycles. The lowest BCUT2D eigenvalue weighted by atomic mass is 9.98. The number of piperidine rings is 1. The molecule has 0 saturated carbocycles. The van der Waals surface area contributed by atoms with Crippen molar-refractivity contribution >= 4 is 23.3 Å². The summed E-state index contributed by atoms with van der Waals surface area (Å²) in [5.74, 6) is 0.615. The van der Waals surface area contributed by atoms with Gasteiger partial charge in [0.25, 0.3) is 0 Å². The maximum atomic E-state index is 12.1. The molecule has 3 rings (SSSR count). The van der Waals surface area contributed by atoms with Crippen LogP contribution >= 0.6 is 11.3 Å². The van der Waals surface area contributed by atoms with Crippen LogP contribution in [0.3, 0.4) is 0 Å². The van der Waals surface area contributed by atoms with Gasteiger partial charge in [0.1, 0.15) is 5.01 Å². The standard InChI is InChI=1S/C20H26N4O2S/c1-3-26-19(25)16-10-7-11-24(13-16)20(21-2)22-12-17-14-27-18(23-17)15-8-5-4-6-9-15/h4-6,8-9,14,16H,3,7,10-13H2,1-2H3,(H,21,22). The molecule has 1 unspecified atom stereocenters. The van der Waals surface area contributed by atoms with Crippen LogP contribution in [0.5, 0.6) is 0 Å². The Labute approximate surface area is 164 Å². The molecule has 0 aliphatic carbocycles. The summed E-state index contributed by atoms with van der Waals surface area (Å²) < 4.78 is 5.18. The number of rotatable bonds is 5. The molecular formula is C20H26N4O2S. The van der Waals surface area contributed by atoms with Gasteiger partial charge in [-0.25, -0.2) is 4.98 Å². The predicted molar refractivity (Wildman–Crippen MR) is 109 cm³/mol. The Kier molecular flexibility index (Phi) is 6.81. The van der Waals surface area contributed by atoms with Crippen LogP contribution in [0, 0.1) is 5.92 Å². The van der Waals surface area contributed by atoms with E-state index in [9.17, 15) is 4.79 Å². The van der Waals surface area contributed by atoms with E-state index in [2.05, 4.69) is 32.7 Å². The molecule has 0 radical (unpaired) electrons. The van der Waals surface area contributed by atoms with E-state index in [0.717, 1.165) is 41.6 Å². The second-order valence-electron chi connectivity index (χ2n) is 6.45. The lowest BCUT2D eigenvalue weighted by molar-refractivity contribution is -0.149. The first-order chi connectivity index (χ1) is 13.2. The number of likely N-dealkylation sites (tertiary alicyclic amines) is 1. The third kappa shape index (κ3) is 5.07. The van der Waals surface area contributed by atoms with Gasteiger partial charge in [-0.2, -0.15) is 0 Å². The average molecular weight is 387 g/mol. The minimum absolute atomic E-state index is 0.0822. The van der Waals surface area contributed by atoms with Crippen LogP contribution in [0.4, 0.5) is 0 Å². The summed E-state index contributed by atoms with van der Waals surface area (Å²) in [5.41, 5.74) is 2.12. The molecule has 0 bridgehead atoms. The smallest absolute Gasteiger partial charge is 0.310 e. The molecule has 2 heterocycles. The molecule has 1 saturated heterocycles. The number of hydrogen-bond acceptors (Lipinski definition) is 5. The van der Waals surface area contributed by atoms with Crippen LogP contribution in [-0.4, -0.2) is 48.6 Å². The van der Waals surface area contributed by atoms with E-state index in [4.69, 9.17) is 9.72 Å². The maximum Gasteiger partial charge on any atom is 0.310 e. The van der Waals surface area contributed by atoms with Crippen molar-refractivity contribution < 1.29 is 9.53 Å². The first kappa shape index (κ1) is 19.4. The highest BCUT2D eigenvalue weighted by atomic mass is 32.1. The van der Waals surface area contributed by atoms with Crippen LogP contribution in [0.15, 0.2) is 40.7 Å². The number of thiazole rings is 1. The van der Waals surface area contributed by atoms with Gasteiger partial charge in [0, 0.05) is 31.1 Å². The topological polar surface area (TPSA) is 66.8 Å². The predicted octanol–water partition coefficient (Wildman–Crippen LogP) is 3.16. The third-order valence-electron chi connectivity index (χ3n) is 4.55. The van der Waals surface area contributed by atoms with Gasteiger partial charge in [-0.1, -0.05) is 30.3 Å². The number of ether oxygens (including phenoxy) is 1. The highest BCUT2D eigenvalue weighted by Crippen LogP contribution is 2.23. The molecule has 6 nitrogen and oxygen atoms in total. The molecule has 0 amide bonds. The summed E-state index contributed by atoms with van der Waals surface area (Å²) in [5, 5.41) is 6.47. The number of carbonyl (C=O) groups excluding carboxylic acids is 1. The van der Waals surface area contributed by atoms with E-state index >= 15 is 0 Å². The van der Waals surface area contributed by atoms with E-state index in [-0.39, 0.29) is 11.9 Å². The van der Waals surface area contributed by atoms with Crippen LogP contribution < -0.4 is 5.32 Å². The van der Waals surface area contributed by atoms with Crippen molar-refractivity contribution in [1.82, 2.24) is 15.2 Å². The van der Waals surface area contributed by atoms with Crippen molar-refractivity contribution in [1.29, 1.82) is 0 Å². The van der Waals surface area contributed by atoms with Gasteiger partial charge < -0.3 is 15.0 Å². The van der Waals surface area contributed by atoms with Crippen molar-refractivity contribution in [3.05, 3.63) is 41.4 Å². The Morgan fingerprint density at radius 1 is 1.41 bits per heavy atom. The van der Waals surface area contributed by atoms with Gasteiger partial charge in [0.15, 0.2) is 5.96 Å². The first-order valence-corrected chi connectivity index (χ1v) is 10.2. The summed E-state index contributed by atoms with van der Waals surface area (Å²) in [6, 6.07) is 10.2. The number of benzene rings is 1. The molecule has 1 fully saturated rings. The van der Waals surface area contributed by atoms with E-state index in [1.807, 2.05) is 25.1 Å². The van der Waals surface area contributed by atoms with Crippen LogP contribution in [0.1, 0.15) is 25.5 Å². The number of guanidine groups is 1. The SMILES string of the molecule is CCOC(=O)C1CCCN(C(=NC)NCc2csc(-c3ccccc3)n2)C1. The zero-order valence-electron chi connectivity index (χ0n) is 15.9. The molecule has 1 aliphatic heterocycles. The van der Waals surface area contributed by atoms with Crippen molar-refractivity contribution in [3.63, 3.8) is 0 Å². The molecular weight excluding hydrogens is 360 g/mol. The molecule has 1 aliphatic rings. The number of aliphatic imine (C=N–C) groups is 1. The van der Waals surface area contributed by atoms with Gasteiger partial charge in [-0.3, -0.25) is 9.79 Å². The van der Waals surface area contributed by atoms with E-state index in [0.29, 0.717) is 19.7 Å². The number of esters is 1. The fourth-order valence-electron chi connectivity index (χ4n) is 3.23. The molecule has 27 heavy (non-hydrogen) atoms. The second-order valence-corrected chi connectivity index (χ2v) is 7.31. The summed E-state index contributed by atoms with van der Waals surface area (Å²) in [6.07, 6.45) is 1.83. The second kappa shape index (κ2) is 9.50. The Balaban J connectivity index is 1.58. The molecule has 7 heteroatoms. The monoisotopic (exact) mass is 386 g/mol. The molecule has 1 aromatic carbocycles. The number of nitrogens with one attached hydrogen (secondary N) is 1. The van der Waals surface area contributed by atoms with Gasteiger partial charge in [-0.05, 0) is 19.8 Å². The molecule has 2 aromatic rings. The van der Waals surface area contributed by atoms with Gasteiger partial charge in [-0.15, -0.1) is 11.3 Å². The number of aromatic nitrogens is 1. The van der Waals surface area contributed by atoms with Crippen molar-refractivity contribution in [2.45, 2.75) is 26.3 Å².